The van der Waals surface area contributed by atoms with Gasteiger partial charge in [-0.15, -0.1) is 0 Å². The lowest BCUT2D eigenvalue weighted by Gasteiger charge is -2.25. The lowest BCUT2D eigenvalue weighted by molar-refractivity contribution is -0.139. The number of aliphatic carboxylic acids is 2. The number of carboxylic acid groups (broad SMARTS) is 2. The molecule has 12 nitrogen and oxygen atoms in total. The van der Waals surface area contributed by atoms with Crippen molar-refractivity contribution in [2.45, 2.75) is 12.1 Å². The number of aromatic hydroxyl groups is 2. The summed E-state index contributed by atoms with van der Waals surface area (Å²) in [7, 11) is 0. The van der Waals surface area contributed by atoms with E-state index in [9.17, 15) is 29.4 Å². The fourth-order valence-corrected chi connectivity index (χ4v) is 3.27. The van der Waals surface area contributed by atoms with Crippen molar-refractivity contribution in [3.05, 3.63) is 46.5 Å². The molecule has 0 aliphatic heterocycles. The first kappa shape index (κ1) is 22.5. The third-order valence-electron chi connectivity index (χ3n) is 4.93. The first-order valence-corrected chi connectivity index (χ1v) is 9.30. The summed E-state index contributed by atoms with van der Waals surface area (Å²) in [5.74, 6) is -5.24. The number of carbonyl (C=O) groups excluding carboxylic acids is 2. The average Bonchev–Trinajstić information content (AvgIpc) is 2.75. The van der Waals surface area contributed by atoms with Gasteiger partial charge < -0.3 is 42.5 Å². The van der Waals surface area contributed by atoms with Gasteiger partial charge in [0.15, 0.2) is 0 Å². The van der Waals surface area contributed by atoms with Gasteiger partial charge in [0.25, 0.3) is 0 Å². The number of hydrogen-bond acceptors (Lipinski definition) is 10. The predicted molar refractivity (Wildman–Crippen MR) is 111 cm³/mol. The molecule has 2 atom stereocenters. The minimum Gasteiger partial charge on any atom is -0.507 e. The van der Waals surface area contributed by atoms with Crippen LogP contribution in [0.25, 0.3) is 0 Å². The zero-order valence-electron chi connectivity index (χ0n) is 16.5. The van der Waals surface area contributed by atoms with Crippen LogP contribution in [-0.2, 0) is 9.59 Å². The van der Waals surface area contributed by atoms with Crippen molar-refractivity contribution in [1.29, 1.82) is 0 Å². The lowest BCUT2D eigenvalue weighted by Crippen LogP contribution is -2.38. The molecule has 0 aromatic heterocycles. The molecule has 0 bridgehead atoms. The maximum atomic E-state index is 13.3. The molecule has 1 aliphatic rings. The number of hydrogen-bond donors (Lipinski definition) is 8. The molecule has 2 aromatic carbocycles. The van der Waals surface area contributed by atoms with E-state index in [-0.39, 0.29) is 35.6 Å². The highest BCUT2D eigenvalue weighted by Crippen LogP contribution is 2.42. The van der Waals surface area contributed by atoms with Crippen molar-refractivity contribution >= 4 is 34.9 Å². The van der Waals surface area contributed by atoms with Crippen LogP contribution in [0, 0.1) is 0 Å². The molecule has 0 heterocycles. The van der Waals surface area contributed by atoms with E-state index in [0.717, 1.165) is 12.1 Å². The summed E-state index contributed by atoms with van der Waals surface area (Å²) >= 11 is 0. The Bertz CT molecular complexity index is 1060. The van der Waals surface area contributed by atoms with Gasteiger partial charge in [-0.2, -0.15) is 0 Å². The molecule has 0 fully saturated rings. The van der Waals surface area contributed by atoms with Crippen molar-refractivity contribution in [2.75, 3.05) is 23.7 Å². The van der Waals surface area contributed by atoms with Crippen molar-refractivity contribution in [3.63, 3.8) is 0 Å². The zero-order chi connectivity index (χ0) is 23.7. The van der Waals surface area contributed by atoms with Gasteiger partial charge >= 0.3 is 11.9 Å². The van der Waals surface area contributed by atoms with Gasteiger partial charge in [-0.3, -0.25) is 19.2 Å². The molecule has 1 aliphatic carbocycles. The highest BCUT2D eigenvalue weighted by atomic mass is 16.4. The zero-order valence-corrected chi connectivity index (χ0v) is 16.5. The summed E-state index contributed by atoms with van der Waals surface area (Å²) < 4.78 is 0. The molecule has 168 valence electrons. The number of ketones is 2. The number of nitrogens with two attached hydrogens (primary N) is 2. The fourth-order valence-electron chi connectivity index (χ4n) is 3.27. The van der Waals surface area contributed by atoms with Crippen molar-refractivity contribution in [2.24, 2.45) is 11.5 Å². The van der Waals surface area contributed by atoms with Gasteiger partial charge in [-0.25, -0.2) is 0 Å². The smallest absolute Gasteiger partial charge is 0.322 e. The Morgan fingerprint density at radius 3 is 1.38 bits per heavy atom. The van der Waals surface area contributed by atoms with Gasteiger partial charge in [0.05, 0.1) is 22.3 Å². The van der Waals surface area contributed by atoms with Crippen molar-refractivity contribution in [1.82, 2.24) is 0 Å². The first-order chi connectivity index (χ1) is 15.0. The minimum absolute atomic E-state index is 0.0662. The Hall–Kier alpha value is -4.16. The summed E-state index contributed by atoms with van der Waals surface area (Å²) in [5.41, 5.74) is 9.90. The topological polar surface area (TPSA) is 225 Å². The van der Waals surface area contributed by atoms with Crippen molar-refractivity contribution in [3.8, 4) is 11.5 Å². The third-order valence-corrected chi connectivity index (χ3v) is 4.93. The van der Waals surface area contributed by atoms with Gasteiger partial charge in [0.1, 0.15) is 23.6 Å². The molecule has 12 heteroatoms. The largest absolute Gasteiger partial charge is 0.507 e. The summed E-state index contributed by atoms with van der Waals surface area (Å²) in [6.45, 7) is -0.558. The van der Waals surface area contributed by atoms with E-state index in [4.69, 9.17) is 21.7 Å². The number of carboxylic acids is 2. The molecule has 10 N–H and O–H groups in total. The van der Waals surface area contributed by atoms with Crippen LogP contribution in [0.4, 0.5) is 11.4 Å². The summed E-state index contributed by atoms with van der Waals surface area (Å²) in [4.78, 5) is 48.6. The van der Waals surface area contributed by atoms with Crippen molar-refractivity contribution < 1.29 is 39.6 Å². The molecule has 3 rings (SSSR count). The van der Waals surface area contributed by atoms with E-state index in [0.29, 0.717) is 0 Å². The molecule has 0 radical (unpaired) electrons. The molecule has 0 saturated carbocycles. The van der Waals surface area contributed by atoms with Crippen LogP contribution in [0.2, 0.25) is 0 Å². The Morgan fingerprint density at radius 1 is 0.719 bits per heavy atom. The number of rotatable bonds is 8. The quantitative estimate of drug-likeness (QED) is 0.206. The van der Waals surface area contributed by atoms with Crippen LogP contribution >= 0.6 is 0 Å². The van der Waals surface area contributed by atoms with E-state index < -0.39 is 58.2 Å². The standard InChI is InChI=1S/C20H20N4O8/c21-7(19(29)30)5-23-9-1-2-10(24-6-8(22)20(31)32)14-13(9)17(27)15-11(25)3-4-12(26)16(15)18(14)28/h1-4,7-8,23-26H,5-6,21-22H2,(H,29,30)(H,31,32). The van der Waals surface area contributed by atoms with Crippen LogP contribution in [0.1, 0.15) is 31.8 Å². The van der Waals surface area contributed by atoms with Crippen LogP contribution in [0.15, 0.2) is 24.3 Å². The van der Waals surface area contributed by atoms with E-state index in [2.05, 4.69) is 10.6 Å². The van der Waals surface area contributed by atoms with Gasteiger partial charge in [-0.1, -0.05) is 0 Å². The number of benzene rings is 2. The number of phenols is 2. The van der Waals surface area contributed by atoms with E-state index in [1.54, 1.807) is 0 Å². The molecule has 0 amide bonds. The monoisotopic (exact) mass is 444 g/mol. The number of nitrogens with one attached hydrogen (secondary N) is 2. The van der Waals surface area contributed by atoms with Crippen LogP contribution < -0.4 is 22.1 Å². The number of phenolic OH excluding ortho intramolecular Hbond substituents is 2. The Morgan fingerprint density at radius 2 is 1.06 bits per heavy atom. The van der Waals surface area contributed by atoms with E-state index >= 15 is 0 Å². The second-order valence-electron chi connectivity index (χ2n) is 7.07. The van der Waals surface area contributed by atoms with Gasteiger partial charge in [0.2, 0.25) is 11.6 Å². The Kier molecular flexibility index (Phi) is 6.00. The third kappa shape index (κ3) is 3.91. The maximum absolute atomic E-state index is 13.3. The second kappa shape index (κ2) is 8.53. The molecular weight excluding hydrogens is 424 g/mol. The maximum Gasteiger partial charge on any atom is 0.322 e. The second-order valence-corrected chi connectivity index (χ2v) is 7.07. The van der Waals surface area contributed by atoms with Gasteiger partial charge in [0, 0.05) is 24.5 Å². The Balaban J connectivity index is 2.14. The normalized spacial score (nSPS) is 14.2. The molecule has 2 aromatic rings. The first-order valence-electron chi connectivity index (χ1n) is 9.30. The Labute approximate surface area is 180 Å². The molecule has 2 unspecified atom stereocenters. The molecular formula is C20H20N4O8. The van der Waals surface area contributed by atoms with Crippen LogP contribution in [0.3, 0.4) is 0 Å². The SMILES string of the molecule is NC(CNc1ccc(NCC(N)C(=O)O)c2c1C(=O)c1c(O)ccc(O)c1C2=O)C(=O)O. The number of fused-ring (bicyclic) bond motifs is 2. The molecule has 0 spiro atoms. The summed E-state index contributed by atoms with van der Waals surface area (Å²) in [6, 6.07) is 2.25. The van der Waals surface area contributed by atoms with E-state index in [1.165, 1.54) is 12.1 Å². The summed E-state index contributed by atoms with van der Waals surface area (Å²) in [6.07, 6.45) is 0. The fraction of sp³-hybridized carbons (Fsp3) is 0.200. The molecule has 32 heavy (non-hydrogen) atoms. The van der Waals surface area contributed by atoms with E-state index in [1.807, 2.05) is 0 Å². The minimum atomic E-state index is -1.31. The highest BCUT2D eigenvalue weighted by molar-refractivity contribution is 6.33. The predicted octanol–water partition coefficient (Wildman–Crippen LogP) is -0.479. The number of anilines is 2. The highest BCUT2D eigenvalue weighted by Gasteiger charge is 2.38. The summed E-state index contributed by atoms with van der Waals surface area (Å²) in [5, 5.41) is 43.8. The lowest BCUT2D eigenvalue weighted by atomic mass is 9.81. The average molecular weight is 444 g/mol. The molecule has 0 saturated heterocycles. The van der Waals surface area contributed by atoms with Crippen LogP contribution in [0.5, 0.6) is 11.5 Å². The van der Waals surface area contributed by atoms with Gasteiger partial charge in [-0.05, 0) is 24.3 Å². The number of carbonyl (C=O) groups is 4. The van der Waals surface area contributed by atoms with Crippen LogP contribution in [-0.4, -0.2) is 69.1 Å².